The van der Waals surface area contributed by atoms with E-state index in [1.54, 1.807) is 0 Å². The summed E-state index contributed by atoms with van der Waals surface area (Å²) in [5.74, 6) is 0. The Hall–Kier alpha value is -1.79. The molecule has 0 saturated carbocycles. The van der Waals surface area contributed by atoms with Gasteiger partial charge >= 0.3 is 5.69 Å². The summed E-state index contributed by atoms with van der Waals surface area (Å²) >= 11 is 0. The number of nitro groups is 1. The van der Waals surface area contributed by atoms with E-state index in [0.29, 0.717) is 0 Å². The van der Waals surface area contributed by atoms with E-state index in [0.717, 1.165) is 6.07 Å². The molecule has 0 aromatic carbocycles. The predicted molar refractivity (Wildman–Crippen MR) is 45.0 cm³/mol. The van der Waals surface area contributed by atoms with E-state index in [1.807, 2.05) is 0 Å². The minimum atomic E-state index is -2.78. The van der Waals surface area contributed by atoms with Gasteiger partial charge in [0.05, 0.1) is 4.92 Å². The molecule has 0 aliphatic heterocycles. The number of nitrogen functional groups attached to an aromatic ring is 1. The van der Waals surface area contributed by atoms with E-state index in [4.69, 9.17) is 5.73 Å². The highest BCUT2D eigenvalue weighted by atomic mass is 19.3. The van der Waals surface area contributed by atoms with Gasteiger partial charge in [0, 0.05) is 0 Å². The molecule has 5 nitrogen and oxygen atoms in total. The van der Waals surface area contributed by atoms with Crippen LogP contribution in [0.3, 0.4) is 0 Å². The molecular weight excluding hydrogens is 196 g/mol. The molecule has 1 rings (SSSR count). The van der Waals surface area contributed by atoms with Crippen molar-refractivity contribution in [2.45, 2.75) is 13.3 Å². The largest absolute Gasteiger partial charge is 0.393 e. The quantitative estimate of drug-likeness (QED) is 0.587. The number of hydrogen-bond acceptors (Lipinski definition) is 4. The summed E-state index contributed by atoms with van der Waals surface area (Å²) in [4.78, 5) is 13.1. The highest BCUT2D eigenvalue weighted by Gasteiger charge is 2.20. The first kappa shape index (κ1) is 10.3. The summed E-state index contributed by atoms with van der Waals surface area (Å²) in [7, 11) is 0. The van der Waals surface area contributed by atoms with Crippen LogP contribution in [0.5, 0.6) is 0 Å². The van der Waals surface area contributed by atoms with Crippen LogP contribution in [0.2, 0.25) is 0 Å². The standard InChI is InChI=1S/C7H7F2N3O2/c1-3-6(12(13)14)4(10)2-5(11-3)7(8)9/h2,7H,1H3,(H2,10,11). The molecule has 0 amide bonds. The van der Waals surface area contributed by atoms with Crippen LogP contribution in [-0.4, -0.2) is 9.91 Å². The first-order valence-electron chi connectivity index (χ1n) is 3.63. The fourth-order valence-electron chi connectivity index (χ4n) is 1.06. The first-order valence-corrected chi connectivity index (χ1v) is 3.63. The number of alkyl halides is 2. The Bertz CT molecular complexity index is 358. The number of halogens is 2. The average molecular weight is 203 g/mol. The van der Waals surface area contributed by atoms with Crippen molar-refractivity contribution in [1.29, 1.82) is 0 Å². The van der Waals surface area contributed by atoms with Crippen LogP contribution in [0.4, 0.5) is 20.2 Å². The summed E-state index contributed by atoms with van der Waals surface area (Å²) in [6.07, 6.45) is -2.78. The second-order valence-corrected chi connectivity index (χ2v) is 2.63. The Morgan fingerprint density at radius 3 is 2.57 bits per heavy atom. The van der Waals surface area contributed by atoms with Gasteiger partial charge in [-0.2, -0.15) is 0 Å². The van der Waals surface area contributed by atoms with Gasteiger partial charge in [0.15, 0.2) is 0 Å². The van der Waals surface area contributed by atoms with Gasteiger partial charge in [-0.25, -0.2) is 13.8 Å². The minimum absolute atomic E-state index is 0.106. The topological polar surface area (TPSA) is 82.0 Å². The number of aromatic nitrogens is 1. The zero-order valence-electron chi connectivity index (χ0n) is 7.20. The Labute approximate surface area is 77.7 Å². The third-order valence-corrected chi connectivity index (χ3v) is 1.62. The van der Waals surface area contributed by atoms with Gasteiger partial charge < -0.3 is 5.73 Å². The van der Waals surface area contributed by atoms with Crippen molar-refractivity contribution in [3.63, 3.8) is 0 Å². The van der Waals surface area contributed by atoms with Gasteiger partial charge in [-0.15, -0.1) is 0 Å². The van der Waals surface area contributed by atoms with E-state index < -0.39 is 22.7 Å². The maximum atomic E-state index is 12.2. The summed E-state index contributed by atoms with van der Waals surface area (Å²) in [6.45, 7) is 1.26. The number of aryl methyl sites for hydroxylation is 1. The molecule has 0 aliphatic rings. The molecule has 14 heavy (non-hydrogen) atoms. The van der Waals surface area contributed by atoms with Crippen LogP contribution in [-0.2, 0) is 0 Å². The van der Waals surface area contributed by atoms with E-state index in [2.05, 4.69) is 4.98 Å². The number of hydrogen-bond donors (Lipinski definition) is 1. The number of nitrogens with zero attached hydrogens (tertiary/aromatic N) is 2. The fourth-order valence-corrected chi connectivity index (χ4v) is 1.06. The van der Waals surface area contributed by atoms with Crippen LogP contribution in [0.1, 0.15) is 17.8 Å². The van der Waals surface area contributed by atoms with Gasteiger partial charge in [-0.05, 0) is 13.0 Å². The number of anilines is 1. The van der Waals surface area contributed by atoms with Crippen LogP contribution < -0.4 is 5.73 Å². The summed E-state index contributed by atoms with van der Waals surface area (Å²) in [6, 6.07) is 0.815. The fraction of sp³-hybridized carbons (Fsp3) is 0.286. The zero-order valence-corrected chi connectivity index (χ0v) is 7.20. The van der Waals surface area contributed by atoms with E-state index >= 15 is 0 Å². The van der Waals surface area contributed by atoms with Crippen molar-refractivity contribution in [3.05, 3.63) is 27.6 Å². The summed E-state index contributed by atoms with van der Waals surface area (Å²) in [5, 5.41) is 10.4. The van der Waals surface area contributed by atoms with E-state index in [9.17, 15) is 18.9 Å². The van der Waals surface area contributed by atoms with E-state index in [1.165, 1.54) is 6.92 Å². The van der Waals surface area contributed by atoms with Gasteiger partial charge in [-0.3, -0.25) is 10.1 Å². The van der Waals surface area contributed by atoms with Crippen LogP contribution >= 0.6 is 0 Å². The van der Waals surface area contributed by atoms with Crippen molar-refractivity contribution in [3.8, 4) is 0 Å². The lowest BCUT2D eigenvalue weighted by atomic mass is 10.2. The third kappa shape index (κ3) is 1.76. The molecule has 1 aromatic rings. The zero-order chi connectivity index (χ0) is 10.9. The molecule has 0 fully saturated rings. The summed E-state index contributed by atoms with van der Waals surface area (Å²) in [5.41, 5.74) is 3.87. The van der Waals surface area contributed by atoms with Crippen molar-refractivity contribution in [2.75, 3.05) is 5.73 Å². The second kappa shape index (κ2) is 3.52. The lowest BCUT2D eigenvalue weighted by Crippen LogP contribution is -2.03. The summed E-state index contributed by atoms with van der Waals surface area (Å²) < 4.78 is 24.3. The Kier molecular flexibility index (Phi) is 2.59. The average Bonchev–Trinajstić information content (AvgIpc) is 2.01. The second-order valence-electron chi connectivity index (χ2n) is 2.63. The molecule has 2 N–H and O–H groups in total. The first-order chi connectivity index (χ1) is 6.43. The van der Waals surface area contributed by atoms with E-state index in [-0.39, 0.29) is 11.4 Å². The maximum absolute atomic E-state index is 12.2. The molecule has 1 heterocycles. The molecule has 0 aliphatic carbocycles. The van der Waals surface area contributed by atoms with Gasteiger partial charge in [0.1, 0.15) is 17.1 Å². The molecule has 7 heteroatoms. The molecular formula is C7H7F2N3O2. The van der Waals surface area contributed by atoms with Crippen LogP contribution in [0.25, 0.3) is 0 Å². The van der Waals surface area contributed by atoms with Gasteiger partial charge in [0.2, 0.25) is 0 Å². The third-order valence-electron chi connectivity index (χ3n) is 1.62. The van der Waals surface area contributed by atoms with Crippen molar-refractivity contribution < 1.29 is 13.7 Å². The lowest BCUT2D eigenvalue weighted by molar-refractivity contribution is -0.384. The van der Waals surface area contributed by atoms with Crippen LogP contribution in [0.15, 0.2) is 6.07 Å². The lowest BCUT2D eigenvalue weighted by Gasteiger charge is -2.03. The molecule has 0 saturated heterocycles. The monoisotopic (exact) mass is 203 g/mol. The maximum Gasteiger partial charge on any atom is 0.313 e. The predicted octanol–water partition coefficient (Wildman–Crippen LogP) is 1.82. The van der Waals surface area contributed by atoms with Gasteiger partial charge in [-0.1, -0.05) is 0 Å². The Morgan fingerprint density at radius 2 is 2.21 bits per heavy atom. The molecule has 0 spiro atoms. The SMILES string of the molecule is Cc1nc(C(F)F)cc(N)c1[N+](=O)[O-]. The minimum Gasteiger partial charge on any atom is -0.393 e. The van der Waals surface area contributed by atoms with Crippen molar-refractivity contribution in [2.24, 2.45) is 0 Å². The smallest absolute Gasteiger partial charge is 0.313 e. The Balaban J connectivity index is 3.32. The van der Waals surface area contributed by atoms with Crippen LogP contribution in [0, 0.1) is 17.0 Å². The molecule has 76 valence electrons. The number of rotatable bonds is 2. The number of nitrogens with two attached hydrogens (primary N) is 1. The molecule has 0 atom stereocenters. The Morgan fingerprint density at radius 1 is 1.64 bits per heavy atom. The van der Waals surface area contributed by atoms with Crippen molar-refractivity contribution >= 4 is 11.4 Å². The molecule has 0 radical (unpaired) electrons. The normalized spacial score (nSPS) is 10.6. The number of pyridine rings is 1. The van der Waals surface area contributed by atoms with Crippen molar-refractivity contribution in [1.82, 2.24) is 4.98 Å². The molecule has 0 bridgehead atoms. The highest BCUT2D eigenvalue weighted by molar-refractivity contribution is 5.60. The molecule has 1 aromatic heterocycles. The highest BCUT2D eigenvalue weighted by Crippen LogP contribution is 2.28. The molecule has 0 unspecified atom stereocenters. The van der Waals surface area contributed by atoms with Gasteiger partial charge in [0.25, 0.3) is 6.43 Å².